The number of ether oxygens (including phenoxy) is 1. The first-order valence-electron chi connectivity index (χ1n) is 6.81. The second-order valence-electron chi connectivity index (χ2n) is 5.00. The number of nitrogens with one attached hydrogen (secondary N) is 1. The Labute approximate surface area is 112 Å². The lowest BCUT2D eigenvalue weighted by molar-refractivity contribution is 0.0388. The van der Waals surface area contributed by atoms with E-state index in [9.17, 15) is 0 Å². The zero-order valence-electron chi connectivity index (χ0n) is 12.3. The highest BCUT2D eigenvalue weighted by Gasteiger charge is 2.63. The zero-order valence-corrected chi connectivity index (χ0v) is 13.3. The van der Waals surface area contributed by atoms with E-state index in [0.717, 1.165) is 31.7 Å². The fraction of sp³-hybridized carbons (Fsp3) is 0.923. The molecule has 1 fully saturated rings. The van der Waals surface area contributed by atoms with Crippen LogP contribution in [0.1, 0.15) is 39.5 Å². The summed E-state index contributed by atoms with van der Waals surface area (Å²) in [6.07, 6.45) is 3.75. The van der Waals surface area contributed by atoms with Gasteiger partial charge >= 0.3 is 8.56 Å². The van der Waals surface area contributed by atoms with Gasteiger partial charge in [-0.15, -0.1) is 0 Å². The van der Waals surface area contributed by atoms with E-state index in [1.807, 2.05) is 0 Å². The summed E-state index contributed by atoms with van der Waals surface area (Å²) in [7, 11) is 2.61. The Kier molecular flexibility index (Phi) is 5.52. The maximum absolute atomic E-state index is 8.57. The number of hydrogen-bond donors (Lipinski definition) is 1. The van der Waals surface area contributed by atoms with E-state index < -0.39 is 13.8 Å². The molecule has 4 nitrogen and oxygen atoms in total. The van der Waals surface area contributed by atoms with Crippen molar-refractivity contribution < 1.29 is 13.6 Å². The third-order valence-corrected chi connectivity index (χ3v) is 8.60. The summed E-state index contributed by atoms with van der Waals surface area (Å²) in [6.45, 7) is 4.26. The van der Waals surface area contributed by atoms with Crippen molar-refractivity contribution in [1.29, 1.82) is 5.41 Å². The van der Waals surface area contributed by atoms with Crippen molar-refractivity contribution in [3.8, 4) is 0 Å². The van der Waals surface area contributed by atoms with Crippen LogP contribution in [0.5, 0.6) is 0 Å². The van der Waals surface area contributed by atoms with Crippen molar-refractivity contribution in [2.75, 3.05) is 21.3 Å². The Bertz CT molecular complexity index is 294. The first-order valence-corrected chi connectivity index (χ1v) is 8.84. The van der Waals surface area contributed by atoms with Crippen molar-refractivity contribution in [3.05, 3.63) is 0 Å². The highest BCUT2D eigenvalue weighted by atomic mass is 28.4. The molecule has 18 heavy (non-hydrogen) atoms. The molecule has 2 atom stereocenters. The summed E-state index contributed by atoms with van der Waals surface area (Å²) >= 11 is 0. The molecule has 1 heterocycles. The summed E-state index contributed by atoms with van der Waals surface area (Å²) in [5.41, 5.74) is 0.691. The van der Waals surface area contributed by atoms with Crippen molar-refractivity contribution in [2.24, 2.45) is 5.92 Å². The number of methoxy groups -OCH3 is 1. The lowest BCUT2D eigenvalue weighted by Gasteiger charge is -2.50. The lowest BCUT2D eigenvalue weighted by Crippen LogP contribution is -2.70. The van der Waals surface area contributed by atoms with Crippen LogP contribution in [-0.4, -0.2) is 40.8 Å². The van der Waals surface area contributed by atoms with E-state index in [2.05, 4.69) is 13.8 Å². The Morgan fingerprint density at radius 2 is 1.89 bits per heavy atom. The van der Waals surface area contributed by atoms with Crippen LogP contribution < -0.4 is 0 Å². The van der Waals surface area contributed by atoms with Crippen LogP contribution in [0.4, 0.5) is 0 Å². The van der Waals surface area contributed by atoms with Crippen LogP contribution in [0.3, 0.4) is 0 Å². The minimum absolute atomic E-state index is 0.308. The maximum atomic E-state index is 8.57. The molecule has 106 valence electrons. The molecule has 1 aliphatic rings. The van der Waals surface area contributed by atoms with Crippen LogP contribution in [0.15, 0.2) is 0 Å². The quantitative estimate of drug-likeness (QED) is 0.757. The van der Waals surface area contributed by atoms with Crippen LogP contribution in [0, 0.1) is 11.3 Å². The fourth-order valence-corrected chi connectivity index (χ4v) is 7.24. The van der Waals surface area contributed by atoms with Gasteiger partial charge in [-0.3, -0.25) is 0 Å². The van der Waals surface area contributed by atoms with Gasteiger partial charge in [0.2, 0.25) is 0 Å². The third kappa shape index (κ3) is 2.17. The predicted octanol–water partition coefficient (Wildman–Crippen LogP) is 2.90. The molecule has 1 aliphatic heterocycles. The third-order valence-electron chi connectivity index (χ3n) is 4.38. The van der Waals surface area contributed by atoms with Crippen molar-refractivity contribution in [3.63, 3.8) is 0 Å². The molecule has 0 radical (unpaired) electrons. The van der Waals surface area contributed by atoms with E-state index in [-0.39, 0.29) is 0 Å². The van der Waals surface area contributed by atoms with Gasteiger partial charge in [-0.2, -0.15) is 0 Å². The van der Waals surface area contributed by atoms with Gasteiger partial charge in [0.25, 0.3) is 0 Å². The van der Waals surface area contributed by atoms with E-state index in [1.165, 1.54) is 0 Å². The van der Waals surface area contributed by atoms with E-state index in [0.29, 0.717) is 11.6 Å². The minimum atomic E-state index is -2.50. The highest BCUT2D eigenvalue weighted by Crippen LogP contribution is 2.43. The predicted molar refractivity (Wildman–Crippen MR) is 75.4 cm³/mol. The molecule has 0 bridgehead atoms. The summed E-state index contributed by atoms with van der Waals surface area (Å²) < 4.78 is 17.5. The van der Waals surface area contributed by atoms with Crippen molar-refractivity contribution >= 4 is 14.3 Å². The first kappa shape index (κ1) is 15.8. The minimum Gasteiger partial charge on any atom is -0.396 e. The smallest absolute Gasteiger partial charge is 0.376 e. The van der Waals surface area contributed by atoms with Crippen LogP contribution in [0.2, 0.25) is 6.04 Å². The normalized spacial score (nSPS) is 31.6. The largest absolute Gasteiger partial charge is 0.396 e. The average molecular weight is 273 g/mol. The Hall–Kier alpha value is -0.233. The average Bonchev–Trinajstić information content (AvgIpc) is 2.41. The molecule has 0 aromatic rings. The molecule has 0 aliphatic carbocycles. The molecular weight excluding hydrogens is 246 g/mol. The monoisotopic (exact) mass is 273 g/mol. The van der Waals surface area contributed by atoms with Gasteiger partial charge in [0.1, 0.15) is 5.22 Å². The fourth-order valence-electron chi connectivity index (χ4n) is 3.32. The van der Waals surface area contributed by atoms with Gasteiger partial charge in [-0.25, -0.2) is 0 Å². The Morgan fingerprint density at radius 1 is 1.28 bits per heavy atom. The van der Waals surface area contributed by atoms with E-state index in [4.69, 9.17) is 19.0 Å². The standard InChI is InChI=1S/C13H27NO3Si/c1-6-9-13(15-3)12(14)11(7-2)8-10-18(13,16-4)17-5/h11,14H,6-10H2,1-5H3. The van der Waals surface area contributed by atoms with Crippen molar-refractivity contribution in [1.82, 2.24) is 0 Å². The summed E-state index contributed by atoms with van der Waals surface area (Å²) in [4.78, 5) is 0. The molecule has 1 rings (SSSR count). The molecular formula is C13H27NO3Si. The van der Waals surface area contributed by atoms with Gasteiger partial charge in [0, 0.05) is 27.0 Å². The summed E-state index contributed by atoms with van der Waals surface area (Å²) in [6, 6.07) is 0.911. The molecule has 5 heteroatoms. The summed E-state index contributed by atoms with van der Waals surface area (Å²) in [5.74, 6) is 0.308. The van der Waals surface area contributed by atoms with E-state index >= 15 is 0 Å². The topological polar surface area (TPSA) is 51.5 Å². The Balaban J connectivity index is 3.23. The van der Waals surface area contributed by atoms with Crippen LogP contribution in [0.25, 0.3) is 0 Å². The SMILES string of the molecule is CCCC1(OC)C(=N)C(CC)CC[Si]1(OC)OC. The van der Waals surface area contributed by atoms with Crippen LogP contribution >= 0.6 is 0 Å². The van der Waals surface area contributed by atoms with Gasteiger partial charge in [0.15, 0.2) is 0 Å². The molecule has 0 aromatic heterocycles. The molecule has 1 N–H and O–H groups in total. The second kappa shape index (κ2) is 6.28. The lowest BCUT2D eigenvalue weighted by atomic mass is 9.90. The summed E-state index contributed by atoms with van der Waals surface area (Å²) in [5, 5.41) is 7.96. The second-order valence-corrected chi connectivity index (χ2v) is 8.63. The zero-order chi connectivity index (χ0) is 13.8. The Morgan fingerprint density at radius 3 is 2.28 bits per heavy atom. The molecule has 1 saturated heterocycles. The van der Waals surface area contributed by atoms with Gasteiger partial charge in [0.05, 0.1) is 0 Å². The van der Waals surface area contributed by atoms with Crippen LogP contribution in [-0.2, 0) is 13.6 Å². The van der Waals surface area contributed by atoms with Crippen molar-refractivity contribution in [2.45, 2.75) is 50.8 Å². The molecule has 0 aromatic carbocycles. The molecule has 0 saturated carbocycles. The van der Waals surface area contributed by atoms with Gasteiger partial charge < -0.3 is 19.0 Å². The van der Waals surface area contributed by atoms with E-state index in [1.54, 1.807) is 21.3 Å². The molecule has 2 unspecified atom stereocenters. The molecule has 0 spiro atoms. The highest BCUT2D eigenvalue weighted by molar-refractivity contribution is 6.75. The first-order chi connectivity index (χ1) is 8.57. The molecule has 0 amide bonds. The number of hydrogen-bond acceptors (Lipinski definition) is 4. The maximum Gasteiger partial charge on any atom is 0.376 e. The van der Waals surface area contributed by atoms with Gasteiger partial charge in [-0.05, 0) is 31.2 Å². The number of rotatable bonds is 6. The van der Waals surface area contributed by atoms with Gasteiger partial charge in [-0.1, -0.05) is 20.3 Å².